The Labute approximate surface area is 119 Å². The predicted molar refractivity (Wildman–Crippen MR) is 75.7 cm³/mol. The lowest BCUT2D eigenvalue weighted by molar-refractivity contribution is 0.144. The van der Waals surface area contributed by atoms with Gasteiger partial charge in [0.05, 0.1) is 6.61 Å². The van der Waals surface area contributed by atoms with E-state index in [-0.39, 0.29) is 5.28 Å². The summed E-state index contributed by atoms with van der Waals surface area (Å²) in [6.45, 7) is 5.73. The highest BCUT2D eigenvalue weighted by Crippen LogP contribution is 2.43. The van der Waals surface area contributed by atoms with Crippen LogP contribution in [0.5, 0.6) is 6.01 Å². The first-order valence-corrected chi connectivity index (χ1v) is 7.33. The van der Waals surface area contributed by atoms with Crippen molar-refractivity contribution >= 4 is 17.5 Å². The van der Waals surface area contributed by atoms with E-state index in [1.807, 2.05) is 6.92 Å². The molecule has 0 radical (unpaired) electrons. The third kappa shape index (κ3) is 3.69. The van der Waals surface area contributed by atoms with E-state index in [1.165, 1.54) is 25.7 Å². The average Bonchev–Trinajstić information content (AvgIpc) is 2.35. The number of halogens is 1. The standard InChI is InChI=1S/C13H21ClN4O/c1-3-8-19-12-17-10(14)16-11(18-12)15-9-13(4-2)6-5-7-13/h3-9H2,1-2H3,(H,15,16,17,18). The van der Waals surface area contributed by atoms with Crippen molar-refractivity contribution in [1.82, 2.24) is 15.0 Å². The molecule has 0 aromatic carbocycles. The summed E-state index contributed by atoms with van der Waals surface area (Å²) in [6, 6.07) is 0.295. The van der Waals surface area contributed by atoms with Crippen molar-refractivity contribution in [2.24, 2.45) is 5.41 Å². The Morgan fingerprint density at radius 3 is 2.63 bits per heavy atom. The molecule has 0 spiro atoms. The zero-order valence-electron chi connectivity index (χ0n) is 11.6. The van der Waals surface area contributed by atoms with Gasteiger partial charge in [0.15, 0.2) is 0 Å². The fourth-order valence-electron chi connectivity index (χ4n) is 2.27. The number of aromatic nitrogens is 3. The molecule has 6 heteroatoms. The molecule has 1 aliphatic rings. The summed E-state index contributed by atoms with van der Waals surface area (Å²) in [4.78, 5) is 12.3. The zero-order chi connectivity index (χ0) is 13.7. The van der Waals surface area contributed by atoms with E-state index >= 15 is 0 Å². The molecular weight excluding hydrogens is 264 g/mol. The first-order valence-electron chi connectivity index (χ1n) is 6.96. The predicted octanol–water partition coefficient (Wildman–Crippen LogP) is 3.31. The molecule has 106 valence electrons. The van der Waals surface area contributed by atoms with Crippen LogP contribution in [0, 0.1) is 5.41 Å². The Morgan fingerprint density at radius 2 is 2.05 bits per heavy atom. The van der Waals surface area contributed by atoms with Gasteiger partial charge < -0.3 is 10.1 Å². The number of rotatable bonds is 7. The molecule has 1 saturated carbocycles. The Balaban J connectivity index is 1.97. The average molecular weight is 285 g/mol. The Morgan fingerprint density at radius 1 is 1.26 bits per heavy atom. The molecule has 2 rings (SSSR count). The molecule has 0 atom stereocenters. The van der Waals surface area contributed by atoms with Crippen LogP contribution in [0.15, 0.2) is 0 Å². The molecular formula is C13H21ClN4O. The first kappa shape index (κ1) is 14.3. The summed E-state index contributed by atoms with van der Waals surface area (Å²) in [6.07, 6.45) is 5.95. The third-order valence-electron chi connectivity index (χ3n) is 3.81. The van der Waals surface area contributed by atoms with Gasteiger partial charge in [-0.2, -0.15) is 15.0 Å². The highest BCUT2D eigenvalue weighted by molar-refractivity contribution is 6.28. The maximum absolute atomic E-state index is 5.88. The second-order valence-electron chi connectivity index (χ2n) is 5.12. The van der Waals surface area contributed by atoms with Crippen molar-refractivity contribution in [2.75, 3.05) is 18.5 Å². The SMILES string of the molecule is CCCOc1nc(Cl)nc(NCC2(CC)CCC2)n1. The molecule has 19 heavy (non-hydrogen) atoms. The van der Waals surface area contributed by atoms with Crippen LogP contribution < -0.4 is 10.1 Å². The van der Waals surface area contributed by atoms with Crippen molar-refractivity contribution in [2.45, 2.75) is 46.0 Å². The van der Waals surface area contributed by atoms with Gasteiger partial charge in [0, 0.05) is 6.54 Å². The van der Waals surface area contributed by atoms with E-state index in [0.29, 0.717) is 24.0 Å². The highest BCUT2D eigenvalue weighted by atomic mass is 35.5. The monoisotopic (exact) mass is 284 g/mol. The van der Waals surface area contributed by atoms with Crippen LogP contribution in [0.1, 0.15) is 46.0 Å². The quantitative estimate of drug-likeness (QED) is 0.832. The molecule has 1 fully saturated rings. The van der Waals surface area contributed by atoms with E-state index in [2.05, 4.69) is 27.2 Å². The van der Waals surface area contributed by atoms with Crippen molar-refractivity contribution < 1.29 is 4.74 Å². The molecule has 1 heterocycles. The van der Waals surface area contributed by atoms with Gasteiger partial charge in [0.1, 0.15) is 0 Å². The van der Waals surface area contributed by atoms with Crippen LogP contribution in [0.4, 0.5) is 5.95 Å². The number of hydrogen-bond donors (Lipinski definition) is 1. The van der Waals surface area contributed by atoms with Crippen LogP contribution in [0.25, 0.3) is 0 Å². The third-order valence-corrected chi connectivity index (χ3v) is 3.98. The molecule has 1 aromatic heterocycles. The normalized spacial score (nSPS) is 16.8. The number of nitrogens with one attached hydrogen (secondary N) is 1. The van der Waals surface area contributed by atoms with E-state index in [4.69, 9.17) is 16.3 Å². The van der Waals surface area contributed by atoms with Gasteiger partial charge in [-0.3, -0.25) is 0 Å². The van der Waals surface area contributed by atoms with Crippen molar-refractivity contribution in [1.29, 1.82) is 0 Å². The molecule has 1 N–H and O–H groups in total. The fourth-order valence-corrected chi connectivity index (χ4v) is 2.42. The molecule has 0 aliphatic heterocycles. The van der Waals surface area contributed by atoms with Crippen LogP contribution in [0.2, 0.25) is 5.28 Å². The van der Waals surface area contributed by atoms with E-state index in [9.17, 15) is 0 Å². The van der Waals surface area contributed by atoms with Gasteiger partial charge in [-0.15, -0.1) is 0 Å². The highest BCUT2D eigenvalue weighted by Gasteiger charge is 2.34. The lowest BCUT2D eigenvalue weighted by Gasteiger charge is -2.41. The fraction of sp³-hybridized carbons (Fsp3) is 0.769. The van der Waals surface area contributed by atoms with Gasteiger partial charge in [-0.1, -0.05) is 20.3 Å². The lowest BCUT2D eigenvalue weighted by Crippen LogP contribution is -2.36. The van der Waals surface area contributed by atoms with Gasteiger partial charge in [-0.05, 0) is 42.7 Å². The zero-order valence-corrected chi connectivity index (χ0v) is 12.3. The topological polar surface area (TPSA) is 59.9 Å². The van der Waals surface area contributed by atoms with Crippen molar-refractivity contribution in [3.8, 4) is 6.01 Å². The maximum Gasteiger partial charge on any atom is 0.322 e. The van der Waals surface area contributed by atoms with Crippen LogP contribution in [0.3, 0.4) is 0 Å². The van der Waals surface area contributed by atoms with Gasteiger partial charge >= 0.3 is 6.01 Å². The molecule has 5 nitrogen and oxygen atoms in total. The lowest BCUT2D eigenvalue weighted by atomic mass is 9.67. The van der Waals surface area contributed by atoms with E-state index < -0.39 is 0 Å². The van der Waals surface area contributed by atoms with Crippen molar-refractivity contribution in [3.05, 3.63) is 5.28 Å². The largest absolute Gasteiger partial charge is 0.463 e. The summed E-state index contributed by atoms with van der Waals surface area (Å²) < 4.78 is 5.39. The minimum absolute atomic E-state index is 0.169. The number of nitrogens with zero attached hydrogens (tertiary/aromatic N) is 3. The molecule has 1 aliphatic carbocycles. The maximum atomic E-state index is 5.88. The summed E-state index contributed by atoms with van der Waals surface area (Å²) in [5.74, 6) is 0.505. The Kier molecular flexibility index (Phi) is 4.80. The Bertz CT molecular complexity index is 418. The van der Waals surface area contributed by atoms with Crippen LogP contribution in [-0.2, 0) is 0 Å². The molecule has 1 aromatic rings. The smallest absolute Gasteiger partial charge is 0.322 e. The minimum atomic E-state index is 0.169. The van der Waals surface area contributed by atoms with Crippen LogP contribution >= 0.6 is 11.6 Å². The summed E-state index contributed by atoms with van der Waals surface area (Å²) >= 11 is 5.88. The second-order valence-corrected chi connectivity index (χ2v) is 5.46. The summed E-state index contributed by atoms with van der Waals surface area (Å²) in [5, 5.41) is 3.44. The molecule has 0 amide bonds. The van der Waals surface area contributed by atoms with Gasteiger partial charge in [0.2, 0.25) is 11.2 Å². The van der Waals surface area contributed by atoms with Crippen LogP contribution in [-0.4, -0.2) is 28.1 Å². The summed E-state index contributed by atoms with van der Waals surface area (Å²) in [7, 11) is 0. The molecule has 0 unspecified atom stereocenters. The number of ether oxygens (including phenoxy) is 1. The second kappa shape index (κ2) is 6.37. The van der Waals surface area contributed by atoms with E-state index in [1.54, 1.807) is 0 Å². The van der Waals surface area contributed by atoms with Gasteiger partial charge in [0.25, 0.3) is 0 Å². The number of hydrogen-bond acceptors (Lipinski definition) is 5. The number of anilines is 1. The Hall–Kier alpha value is -1.10. The molecule has 0 saturated heterocycles. The summed E-state index contributed by atoms with van der Waals surface area (Å²) in [5.41, 5.74) is 0.406. The molecule has 0 bridgehead atoms. The van der Waals surface area contributed by atoms with Gasteiger partial charge in [-0.25, -0.2) is 0 Å². The minimum Gasteiger partial charge on any atom is -0.463 e. The van der Waals surface area contributed by atoms with Crippen molar-refractivity contribution in [3.63, 3.8) is 0 Å². The first-order chi connectivity index (χ1) is 9.17. The van der Waals surface area contributed by atoms with E-state index in [0.717, 1.165) is 13.0 Å².